The van der Waals surface area contributed by atoms with Crippen molar-refractivity contribution in [1.82, 2.24) is 10.6 Å². The lowest BCUT2D eigenvalue weighted by Crippen LogP contribution is -2.45. The number of carbonyl (C=O) groups is 1. The van der Waals surface area contributed by atoms with E-state index >= 15 is 0 Å². The SMILES string of the molecule is CC.CC.CNC(=O)OC(C)(C)C.c1ccc(COc2ccc3c(c2)CCC(c2ccccc2)=C3c2ccc(N3CCC4(CCNCC4)CC3)cc2)cc1. The third kappa shape index (κ3) is 11.7. The number of allylic oxidation sites excluding steroid dienone is 1. The molecule has 0 radical (unpaired) electrons. The third-order valence-corrected chi connectivity index (χ3v) is 10.3. The van der Waals surface area contributed by atoms with Gasteiger partial charge in [-0.3, -0.25) is 0 Å². The van der Waals surface area contributed by atoms with Crippen molar-refractivity contribution in [3.05, 3.63) is 131 Å². The quantitative estimate of drug-likeness (QED) is 0.207. The molecule has 1 amide bonds. The highest BCUT2D eigenvalue weighted by Gasteiger charge is 2.35. The van der Waals surface area contributed by atoms with Gasteiger partial charge in [0.15, 0.2) is 0 Å². The minimum absolute atomic E-state index is 0.387. The van der Waals surface area contributed by atoms with Crippen molar-refractivity contribution in [3.8, 4) is 5.75 Å². The van der Waals surface area contributed by atoms with Crippen molar-refractivity contribution in [2.24, 2.45) is 5.41 Å². The number of alkyl carbamates (subject to hydrolysis) is 1. The van der Waals surface area contributed by atoms with Gasteiger partial charge in [-0.25, -0.2) is 4.79 Å². The zero-order valence-electron chi connectivity index (χ0n) is 34.3. The van der Waals surface area contributed by atoms with Crippen LogP contribution in [-0.4, -0.2) is 44.9 Å². The van der Waals surface area contributed by atoms with Gasteiger partial charge >= 0.3 is 6.09 Å². The number of benzene rings is 4. The van der Waals surface area contributed by atoms with Crippen LogP contribution in [0.15, 0.2) is 103 Å². The molecule has 2 N–H and O–H groups in total. The fraction of sp³-hybridized carbons (Fsp3) is 0.438. The molecule has 4 aromatic rings. The van der Waals surface area contributed by atoms with E-state index in [0.717, 1.165) is 18.6 Å². The van der Waals surface area contributed by atoms with E-state index in [1.165, 1.54) is 104 Å². The molecule has 2 heterocycles. The first-order valence-corrected chi connectivity index (χ1v) is 20.3. The highest BCUT2D eigenvalue weighted by Crippen LogP contribution is 2.43. The lowest BCUT2D eigenvalue weighted by molar-refractivity contribution is 0.0541. The molecular weight excluding hydrogens is 667 g/mol. The Hall–Kier alpha value is -4.55. The molecule has 2 aliphatic heterocycles. The number of aryl methyl sites for hydroxylation is 1. The summed E-state index contributed by atoms with van der Waals surface area (Å²) in [5.41, 5.74) is 10.9. The molecular formula is C48H65N3O3. The maximum atomic E-state index is 10.5. The fourth-order valence-corrected chi connectivity index (χ4v) is 7.52. The molecule has 4 aromatic carbocycles. The molecule has 7 rings (SSSR count). The summed E-state index contributed by atoms with van der Waals surface area (Å²) in [6.07, 6.45) is 6.99. The Morgan fingerprint density at radius 1 is 0.759 bits per heavy atom. The summed E-state index contributed by atoms with van der Waals surface area (Å²) >= 11 is 0. The lowest BCUT2D eigenvalue weighted by Gasteiger charge is -2.45. The normalized spacial score (nSPS) is 15.9. The minimum Gasteiger partial charge on any atom is -0.489 e. The largest absolute Gasteiger partial charge is 0.489 e. The van der Waals surface area contributed by atoms with Gasteiger partial charge in [-0.05, 0) is 141 Å². The van der Waals surface area contributed by atoms with Gasteiger partial charge in [0.1, 0.15) is 18.0 Å². The van der Waals surface area contributed by atoms with E-state index in [1.54, 1.807) is 0 Å². The molecule has 1 spiro atoms. The Kier molecular flexibility index (Phi) is 16.2. The van der Waals surface area contributed by atoms with E-state index in [-0.39, 0.29) is 11.7 Å². The van der Waals surface area contributed by atoms with Crippen LogP contribution in [0.25, 0.3) is 11.1 Å². The number of carbonyl (C=O) groups excluding carboxylic acids is 1. The van der Waals surface area contributed by atoms with Crippen molar-refractivity contribution in [2.75, 3.05) is 38.1 Å². The molecule has 0 bridgehead atoms. The number of anilines is 1. The van der Waals surface area contributed by atoms with E-state index in [2.05, 4.69) is 113 Å². The second-order valence-electron chi connectivity index (χ2n) is 14.8. The number of nitrogens with zero attached hydrogens (tertiary/aromatic N) is 1. The predicted octanol–water partition coefficient (Wildman–Crippen LogP) is 11.3. The van der Waals surface area contributed by atoms with Gasteiger partial charge in [-0.15, -0.1) is 0 Å². The number of piperidine rings is 2. The van der Waals surface area contributed by atoms with Crippen LogP contribution in [0.1, 0.15) is 108 Å². The minimum atomic E-state index is -0.389. The van der Waals surface area contributed by atoms with E-state index in [0.29, 0.717) is 12.0 Å². The maximum absolute atomic E-state index is 10.5. The van der Waals surface area contributed by atoms with Crippen molar-refractivity contribution in [1.29, 1.82) is 0 Å². The summed E-state index contributed by atoms with van der Waals surface area (Å²) in [6, 6.07) is 37.5. The van der Waals surface area contributed by atoms with Gasteiger partial charge in [-0.1, -0.05) is 107 Å². The summed E-state index contributed by atoms with van der Waals surface area (Å²) in [6.45, 7) is 18.8. The van der Waals surface area contributed by atoms with Gasteiger partial charge in [0.05, 0.1) is 0 Å². The van der Waals surface area contributed by atoms with Gasteiger partial charge in [0, 0.05) is 25.8 Å². The predicted molar refractivity (Wildman–Crippen MR) is 228 cm³/mol. The van der Waals surface area contributed by atoms with Crippen molar-refractivity contribution in [2.45, 2.75) is 99.2 Å². The summed E-state index contributed by atoms with van der Waals surface area (Å²) in [4.78, 5) is 13.1. The highest BCUT2D eigenvalue weighted by molar-refractivity contribution is 6.01. The number of hydrogen-bond donors (Lipinski definition) is 2. The van der Waals surface area contributed by atoms with Crippen LogP contribution in [0.2, 0.25) is 0 Å². The first kappa shape index (κ1) is 42.2. The van der Waals surface area contributed by atoms with E-state index < -0.39 is 0 Å². The molecule has 6 heteroatoms. The second-order valence-corrected chi connectivity index (χ2v) is 14.8. The number of amides is 1. The van der Waals surface area contributed by atoms with Crippen LogP contribution in [0, 0.1) is 5.41 Å². The number of nitrogens with one attached hydrogen (secondary N) is 2. The summed E-state index contributed by atoms with van der Waals surface area (Å²) in [5, 5.41) is 5.91. The van der Waals surface area contributed by atoms with Gasteiger partial charge in [-0.2, -0.15) is 0 Å². The molecule has 3 aliphatic rings. The molecule has 54 heavy (non-hydrogen) atoms. The number of rotatable bonds is 6. The Morgan fingerprint density at radius 2 is 1.37 bits per heavy atom. The van der Waals surface area contributed by atoms with Crippen LogP contribution in [0.3, 0.4) is 0 Å². The molecule has 0 aromatic heterocycles. The lowest BCUT2D eigenvalue weighted by atomic mass is 9.71. The Morgan fingerprint density at radius 3 is 1.94 bits per heavy atom. The highest BCUT2D eigenvalue weighted by atomic mass is 16.6. The zero-order chi connectivity index (χ0) is 39.0. The maximum Gasteiger partial charge on any atom is 0.407 e. The monoisotopic (exact) mass is 732 g/mol. The summed E-state index contributed by atoms with van der Waals surface area (Å²) < 4.78 is 11.0. The summed E-state index contributed by atoms with van der Waals surface area (Å²) in [5.74, 6) is 0.946. The molecule has 2 fully saturated rings. The molecule has 0 unspecified atom stereocenters. The standard InChI is InChI=1S/C38H40N2O.C6H13NO2.2C2H6/c1-3-7-29(8-4-1)28-41-34-16-18-36-32(27-34)13-17-35(30-9-5-2-6-10-30)37(36)31-11-14-33(15-12-31)40-25-21-38(22-26-40)19-23-39-24-20-38;1-6(2,3)9-5(8)7-4;2*1-2/h1-12,14-16,18,27,39H,13,17,19-26,28H2;1-4H3,(H,7,8);2*1-2H3. The third-order valence-electron chi connectivity index (χ3n) is 10.3. The number of ether oxygens (including phenoxy) is 2. The Labute approximate surface area is 326 Å². The topological polar surface area (TPSA) is 62.8 Å². The van der Waals surface area contributed by atoms with Crippen LogP contribution < -0.4 is 20.3 Å². The van der Waals surface area contributed by atoms with Gasteiger partial charge < -0.3 is 25.0 Å². The van der Waals surface area contributed by atoms with Crippen LogP contribution in [-0.2, 0) is 17.8 Å². The molecule has 6 nitrogen and oxygen atoms in total. The van der Waals surface area contributed by atoms with Crippen LogP contribution in [0.5, 0.6) is 5.75 Å². The van der Waals surface area contributed by atoms with Gasteiger partial charge in [0.25, 0.3) is 0 Å². The molecule has 2 saturated heterocycles. The molecule has 0 atom stereocenters. The molecule has 0 saturated carbocycles. The van der Waals surface area contributed by atoms with E-state index in [4.69, 9.17) is 9.47 Å². The average molecular weight is 732 g/mol. The first-order chi connectivity index (χ1) is 26.2. The summed E-state index contributed by atoms with van der Waals surface area (Å²) in [7, 11) is 1.54. The Bertz CT molecular complexity index is 1730. The number of hydrogen-bond acceptors (Lipinski definition) is 5. The van der Waals surface area contributed by atoms with Crippen molar-refractivity contribution >= 4 is 22.9 Å². The zero-order valence-corrected chi connectivity index (χ0v) is 34.3. The van der Waals surface area contributed by atoms with E-state index in [9.17, 15) is 4.79 Å². The average Bonchev–Trinajstić information content (AvgIpc) is 3.22. The van der Waals surface area contributed by atoms with Crippen molar-refractivity contribution in [3.63, 3.8) is 0 Å². The first-order valence-electron chi connectivity index (χ1n) is 20.3. The molecule has 290 valence electrons. The Balaban J connectivity index is 0.000000437. The molecule has 1 aliphatic carbocycles. The van der Waals surface area contributed by atoms with E-state index in [1.807, 2.05) is 54.5 Å². The fourth-order valence-electron chi connectivity index (χ4n) is 7.52. The van der Waals surface area contributed by atoms with Crippen molar-refractivity contribution < 1.29 is 14.3 Å². The van der Waals surface area contributed by atoms with Crippen LogP contribution in [0.4, 0.5) is 10.5 Å². The number of fused-ring (bicyclic) bond motifs is 1. The smallest absolute Gasteiger partial charge is 0.407 e. The second kappa shape index (κ2) is 20.8. The van der Waals surface area contributed by atoms with Crippen LogP contribution >= 0.6 is 0 Å². The van der Waals surface area contributed by atoms with Gasteiger partial charge in [0.2, 0.25) is 0 Å².